The fraction of sp³-hybridized carbons (Fsp3) is 1.00. The Balaban J connectivity index is 3.11. The van der Waals surface area contributed by atoms with Crippen molar-refractivity contribution in [3.05, 3.63) is 0 Å². The van der Waals surface area contributed by atoms with Gasteiger partial charge in [-0.05, 0) is 57.8 Å². The molecular formula is C20H44N2. The lowest BCUT2D eigenvalue weighted by Gasteiger charge is -2.13. The normalized spacial score (nSPS) is 12.7. The molecule has 0 aliphatic rings. The Hall–Kier alpha value is -0.0800. The van der Waals surface area contributed by atoms with Crippen LogP contribution in [0.5, 0.6) is 0 Å². The van der Waals surface area contributed by atoms with Crippen LogP contribution in [0.15, 0.2) is 0 Å². The predicted octanol–water partition coefficient (Wildman–Crippen LogP) is 5.52. The average molecular weight is 313 g/mol. The second kappa shape index (κ2) is 19.0. The fourth-order valence-corrected chi connectivity index (χ4v) is 2.86. The summed E-state index contributed by atoms with van der Waals surface area (Å²) in [5.41, 5.74) is 0. The summed E-state index contributed by atoms with van der Waals surface area (Å²) in [7, 11) is 0. The van der Waals surface area contributed by atoms with Gasteiger partial charge in [-0.3, -0.25) is 0 Å². The zero-order chi connectivity index (χ0) is 16.3. The monoisotopic (exact) mass is 312 g/mol. The van der Waals surface area contributed by atoms with Crippen molar-refractivity contribution >= 4 is 0 Å². The van der Waals surface area contributed by atoms with Gasteiger partial charge in [0.15, 0.2) is 0 Å². The minimum atomic E-state index is 0.821. The first-order chi connectivity index (χ1) is 10.8. The van der Waals surface area contributed by atoms with Gasteiger partial charge in [0.2, 0.25) is 0 Å². The van der Waals surface area contributed by atoms with Gasteiger partial charge in [0, 0.05) is 0 Å². The lowest BCUT2D eigenvalue weighted by Crippen LogP contribution is -2.23. The fourth-order valence-electron chi connectivity index (χ4n) is 2.86. The van der Waals surface area contributed by atoms with Gasteiger partial charge in [-0.25, -0.2) is 0 Å². The molecule has 0 spiro atoms. The largest absolute Gasteiger partial charge is 0.317 e. The molecule has 0 rings (SSSR count). The minimum Gasteiger partial charge on any atom is -0.317 e. The number of hydrogen-bond acceptors (Lipinski definition) is 2. The highest BCUT2D eigenvalue weighted by molar-refractivity contribution is 4.59. The van der Waals surface area contributed by atoms with Crippen molar-refractivity contribution < 1.29 is 0 Å². The van der Waals surface area contributed by atoms with Crippen LogP contribution >= 0.6 is 0 Å². The van der Waals surface area contributed by atoms with Gasteiger partial charge in [0.05, 0.1) is 0 Å². The van der Waals surface area contributed by atoms with Gasteiger partial charge in [0.1, 0.15) is 0 Å². The highest BCUT2D eigenvalue weighted by Crippen LogP contribution is 2.05. The number of unbranched alkanes of at least 4 members (excludes halogenated alkanes) is 8. The van der Waals surface area contributed by atoms with Crippen LogP contribution in [0.25, 0.3) is 0 Å². The van der Waals surface area contributed by atoms with E-state index in [4.69, 9.17) is 0 Å². The Labute approximate surface area is 141 Å². The molecule has 0 aromatic rings. The summed E-state index contributed by atoms with van der Waals surface area (Å²) >= 11 is 0. The van der Waals surface area contributed by atoms with Crippen molar-refractivity contribution in [1.29, 1.82) is 0 Å². The van der Waals surface area contributed by atoms with E-state index in [1.807, 2.05) is 0 Å². The first-order valence-corrected chi connectivity index (χ1v) is 10.2. The molecule has 22 heavy (non-hydrogen) atoms. The van der Waals surface area contributed by atoms with Gasteiger partial charge in [-0.2, -0.15) is 0 Å². The Morgan fingerprint density at radius 3 is 1.68 bits per heavy atom. The van der Waals surface area contributed by atoms with Gasteiger partial charge < -0.3 is 10.6 Å². The molecular weight excluding hydrogens is 268 g/mol. The second-order valence-corrected chi connectivity index (χ2v) is 7.03. The molecule has 0 heterocycles. The first-order valence-electron chi connectivity index (χ1n) is 10.2. The van der Waals surface area contributed by atoms with Crippen LogP contribution < -0.4 is 10.6 Å². The standard InChI is InChI=1S/C20H44N2/c1-4-6-8-10-12-16-21-18-14-15-20(3)19-22-17-13-11-9-7-5-2/h20-22H,4-19H2,1-3H3. The molecule has 0 saturated carbocycles. The van der Waals surface area contributed by atoms with Crippen LogP contribution in [0.3, 0.4) is 0 Å². The van der Waals surface area contributed by atoms with Crippen LogP contribution in [0.1, 0.15) is 97.8 Å². The topological polar surface area (TPSA) is 24.1 Å². The molecule has 2 heteroatoms. The van der Waals surface area contributed by atoms with Crippen molar-refractivity contribution in [2.75, 3.05) is 26.2 Å². The zero-order valence-corrected chi connectivity index (χ0v) is 15.9. The zero-order valence-electron chi connectivity index (χ0n) is 15.9. The third-order valence-corrected chi connectivity index (χ3v) is 4.46. The van der Waals surface area contributed by atoms with Crippen LogP contribution in [-0.4, -0.2) is 26.2 Å². The summed E-state index contributed by atoms with van der Waals surface area (Å²) in [6.45, 7) is 11.8. The molecule has 134 valence electrons. The van der Waals surface area contributed by atoms with E-state index >= 15 is 0 Å². The van der Waals surface area contributed by atoms with Crippen LogP contribution in [0.2, 0.25) is 0 Å². The van der Waals surface area contributed by atoms with E-state index in [2.05, 4.69) is 31.4 Å². The molecule has 0 aromatic heterocycles. The minimum absolute atomic E-state index is 0.821. The molecule has 2 N–H and O–H groups in total. The summed E-state index contributed by atoms with van der Waals surface area (Å²) < 4.78 is 0. The van der Waals surface area contributed by atoms with Crippen LogP contribution in [0.4, 0.5) is 0 Å². The van der Waals surface area contributed by atoms with E-state index in [-0.39, 0.29) is 0 Å². The van der Waals surface area contributed by atoms with E-state index in [0.717, 1.165) is 5.92 Å². The predicted molar refractivity (Wildman–Crippen MR) is 102 cm³/mol. The Morgan fingerprint density at radius 1 is 0.591 bits per heavy atom. The van der Waals surface area contributed by atoms with Crippen molar-refractivity contribution in [2.45, 2.75) is 97.8 Å². The molecule has 0 amide bonds. The molecule has 1 unspecified atom stereocenters. The van der Waals surface area contributed by atoms with Crippen molar-refractivity contribution in [3.8, 4) is 0 Å². The molecule has 1 atom stereocenters. The molecule has 0 saturated heterocycles. The van der Waals surface area contributed by atoms with Gasteiger partial charge in [0.25, 0.3) is 0 Å². The second-order valence-electron chi connectivity index (χ2n) is 7.03. The maximum Gasteiger partial charge on any atom is -0.00231 e. The average Bonchev–Trinajstić information content (AvgIpc) is 2.52. The summed E-state index contributed by atoms with van der Waals surface area (Å²) in [6.07, 6.45) is 16.5. The lowest BCUT2D eigenvalue weighted by atomic mass is 10.1. The summed E-state index contributed by atoms with van der Waals surface area (Å²) in [4.78, 5) is 0. The highest BCUT2D eigenvalue weighted by Gasteiger charge is 2.01. The molecule has 0 fully saturated rings. The molecule has 0 aliphatic carbocycles. The van der Waals surface area contributed by atoms with E-state index in [0.29, 0.717) is 0 Å². The third-order valence-electron chi connectivity index (χ3n) is 4.46. The molecule has 0 aromatic carbocycles. The quantitative estimate of drug-likeness (QED) is 0.325. The Morgan fingerprint density at radius 2 is 1.09 bits per heavy atom. The first kappa shape index (κ1) is 21.9. The van der Waals surface area contributed by atoms with E-state index in [1.165, 1.54) is 103 Å². The summed E-state index contributed by atoms with van der Waals surface area (Å²) in [5, 5.41) is 7.22. The number of hydrogen-bond donors (Lipinski definition) is 2. The van der Waals surface area contributed by atoms with Gasteiger partial charge >= 0.3 is 0 Å². The maximum atomic E-state index is 3.62. The molecule has 0 bridgehead atoms. The summed E-state index contributed by atoms with van der Waals surface area (Å²) in [5.74, 6) is 0.821. The van der Waals surface area contributed by atoms with Crippen LogP contribution in [-0.2, 0) is 0 Å². The molecule has 0 radical (unpaired) electrons. The van der Waals surface area contributed by atoms with E-state index in [1.54, 1.807) is 0 Å². The maximum absolute atomic E-state index is 3.62. The summed E-state index contributed by atoms with van der Waals surface area (Å²) in [6, 6.07) is 0. The SMILES string of the molecule is CCCCCCCNCCCC(C)CNCCCCCCC. The Bertz CT molecular complexity index is 194. The van der Waals surface area contributed by atoms with E-state index < -0.39 is 0 Å². The van der Waals surface area contributed by atoms with Crippen molar-refractivity contribution in [2.24, 2.45) is 5.92 Å². The number of nitrogens with one attached hydrogen (secondary N) is 2. The highest BCUT2D eigenvalue weighted by atomic mass is 14.9. The smallest absolute Gasteiger partial charge is 0.00231 e. The lowest BCUT2D eigenvalue weighted by molar-refractivity contribution is 0.449. The Kier molecular flexibility index (Phi) is 18.9. The number of rotatable bonds is 18. The molecule has 0 aliphatic heterocycles. The third kappa shape index (κ3) is 18.0. The van der Waals surface area contributed by atoms with Crippen molar-refractivity contribution in [1.82, 2.24) is 10.6 Å². The van der Waals surface area contributed by atoms with Gasteiger partial charge in [-0.1, -0.05) is 72.1 Å². The van der Waals surface area contributed by atoms with E-state index in [9.17, 15) is 0 Å². The van der Waals surface area contributed by atoms with Crippen LogP contribution in [0, 0.1) is 5.92 Å². The van der Waals surface area contributed by atoms with Gasteiger partial charge in [-0.15, -0.1) is 0 Å². The van der Waals surface area contributed by atoms with Crippen molar-refractivity contribution in [3.63, 3.8) is 0 Å². The molecule has 2 nitrogen and oxygen atoms in total.